The Balaban J connectivity index is 2.61. The number of likely N-dealkylation sites (N-methyl/N-ethyl adjacent to an activating group) is 1. The molecule has 4 nitrogen and oxygen atoms in total. The third-order valence-corrected chi connectivity index (χ3v) is 2.45. The predicted octanol–water partition coefficient (Wildman–Crippen LogP) is 1.74. The average molecular weight is 238 g/mol. The molecular formula is C13H22N2O2. The Morgan fingerprint density at radius 2 is 2.12 bits per heavy atom. The number of aliphatic hydroxyl groups is 1. The van der Waals surface area contributed by atoms with E-state index in [1.165, 1.54) is 0 Å². The number of hydrogen-bond acceptors (Lipinski definition) is 4. The summed E-state index contributed by atoms with van der Waals surface area (Å²) in [5.74, 6) is 0.876. The lowest BCUT2D eigenvalue weighted by molar-refractivity contribution is 0.0845. The average Bonchev–Trinajstić information content (AvgIpc) is 2.27. The van der Waals surface area contributed by atoms with Crippen LogP contribution in [0.3, 0.4) is 0 Å². The number of aromatic nitrogens is 1. The molecule has 0 spiro atoms. The van der Waals surface area contributed by atoms with E-state index in [0.717, 1.165) is 23.6 Å². The van der Waals surface area contributed by atoms with Crippen molar-refractivity contribution in [1.82, 2.24) is 4.98 Å². The minimum Gasteiger partial charge on any atom is -0.392 e. The molecule has 0 aliphatic heterocycles. The van der Waals surface area contributed by atoms with Crippen LogP contribution in [0.4, 0.5) is 5.82 Å². The molecule has 0 saturated carbocycles. The first-order valence-electron chi connectivity index (χ1n) is 5.94. The van der Waals surface area contributed by atoms with Gasteiger partial charge >= 0.3 is 0 Å². The lowest BCUT2D eigenvalue weighted by Crippen LogP contribution is -2.25. The highest BCUT2D eigenvalue weighted by atomic mass is 16.5. The summed E-state index contributed by atoms with van der Waals surface area (Å²) in [5.41, 5.74) is 1.81. The van der Waals surface area contributed by atoms with Crippen molar-refractivity contribution in [3.8, 4) is 0 Å². The molecule has 4 heteroatoms. The molecule has 1 N–H and O–H groups in total. The van der Waals surface area contributed by atoms with Crippen molar-refractivity contribution in [3.63, 3.8) is 0 Å². The third kappa shape index (κ3) is 4.71. The van der Waals surface area contributed by atoms with E-state index in [-0.39, 0.29) is 12.7 Å². The fourth-order valence-electron chi connectivity index (χ4n) is 1.55. The van der Waals surface area contributed by atoms with Gasteiger partial charge in [0.2, 0.25) is 0 Å². The Hall–Kier alpha value is -1.13. The molecule has 1 rings (SSSR count). The molecule has 0 aliphatic rings. The van der Waals surface area contributed by atoms with E-state index in [9.17, 15) is 0 Å². The number of pyridine rings is 1. The Kier molecular flexibility index (Phi) is 5.38. The molecule has 0 aliphatic carbocycles. The molecule has 0 bridgehead atoms. The Bertz CT molecular complexity index is 353. The molecule has 0 amide bonds. The zero-order chi connectivity index (χ0) is 12.8. The Labute approximate surface area is 103 Å². The maximum Gasteiger partial charge on any atom is 0.128 e. The summed E-state index contributed by atoms with van der Waals surface area (Å²) in [7, 11) is 1.98. The van der Waals surface area contributed by atoms with Crippen molar-refractivity contribution in [2.45, 2.75) is 33.5 Å². The first-order chi connectivity index (χ1) is 8.02. The molecule has 0 atom stereocenters. The molecule has 0 saturated heterocycles. The molecule has 0 fully saturated rings. The smallest absolute Gasteiger partial charge is 0.128 e. The fraction of sp³-hybridized carbons (Fsp3) is 0.615. The van der Waals surface area contributed by atoms with E-state index < -0.39 is 0 Å². The lowest BCUT2D eigenvalue weighted by Gasteiger charge is -2.20. The van der Waals surface area contributed by atoms with Gasteiger partial charge in [0.1, 0.15) is 5.82 Å². The van der Waals surface area contributed by atoms with Crippen LogP contribution in [0.15, 0.2) is 12.1 Å². The molecule has 0 aromatic carbocycles. The highest BCUT2D eigenvalue weighted by Gasteiger charge is 2.05. The largest absolute Gasteiger partial charge is 0.392 e. The van der Waals surface area contributed by atoms with Crippen LogP contribution in [0.2, 0.25) is 0 Å². The van der Waals surface area contributed by atoms with Crippen LogP contribution < -0.4 is 4.90 Å². The molecule has 0 radical (unpaired) electrons. The van der Waals surface area contributed by atoms with E-state index in [0.29, 0.717) is 6.61 Å². The summed E-state index contributed by atoms with van der Waals surface area (Å²) in [5, 5.41) is 9.15. The SMILES string of the molecule is Cc1cc(CO)cc(N(C)CCOC(C)C)n1. The van der Waals surface area contributed by atoms with Gasteiger partial charge < -0.3 is 14.7 Å². The van der Waals surface area contributed by atoms with E-state index in [1.54, 1.807) is 0 Å². The third-order valence-electron chi connectivity index (χ3n) is 2.45. The minimum absolute atomic E-state index is 0.0483. The van der Waals surface area contributed by atoms with Gasteiger partial charge in [-0.1, -0.05) is 0 Å². The second-order valence-electron chi connectivity index (χ2n) is 4.47. The van der Waals surface area contributed by atoms with Crippen LogP contribution in [-0.2, 0) is 11.3 Å². The number of hydrogen-bond donors (Lipinski definition) is 1. The summed E-state index contributed by atoms with van der Waals surface area (Å²) in [6.07, 6.45) is 0.252. The quantitative estimate of drug-likeness (QED) is 0.820. The van der Waals surface area contributed by atoms with Gasteiger partial charge in [-0.15, -0.1) is 0 Å². The highest BCUT2D eigenvalue weighted by molar-refractivity contribution is 5.41. The Morgan fingerprint density at radius 1 is 1.41 bits per heavy atom. The van der Waals surface area contributed by atoms with Gasteiger partial charge in [0, 0.05) is 19.3 Å². The van der Waals surface area contributed by atoms with Crippen LogP contribution >= 0.6 is 0 Å². The van der Waals surface area contributed by atoms with Gasteiger partial charge in [-0.25, -0.2) is 4.98 Å². The zero-order valence-electron chi connectivity index (χ0n) is 11.1. The second kappa shape index (κ2) is 6.57. The van der Waals surface area contributed by atoms with Crippen molar-refractivity contribution < 1.29 is 9.84 Å². The molecule has 1 aromatic heterocycles. The molecular weight excluding hydrogens is 216 g/mol. The van der Waals surface area contributed by atoms with Gasteiger partial charge in [0.05, 0.1) is 19.3 Å². The van der Waals surface area contributed by atoms with Crippen molar-refractivity contribution >= 4 is 5.82 Å². The normalized spacial score (nSPS) is 10.9. The van der Waals surface area contributed by atoms with Gasteiger partial charge in [0.15, 0.2) is 0 Å². The number of anilines is 1. The van der Waals surface area contributed by atoms with E-state index in [4.69, 9.17) is 9.84 Å². The summed E-state index contributed by atoms with van der Waals surface area (Å²) >= 11 is 0. The molecule has 0 unspecified atom stereocenters. The highest BCUT2D eigenvalue weighted by Crippen LogP contribution is 2.13. The number of rotatable bonds is 6. The molecule has 1 aromatic rings. The lowest BCUT2D eigenvalue weighted by atomic mass is 10.2. The standard InChI is InChI=1S/C13H22N2O2/c1-10(2)17-6-5-15(4)13-8-12(9-16)7-11(3)14-13/h7-8,10,16H,5-6,9H2,1-4H3. The maximum absolute atomic E-state index is 9.15. The van der Waals surface area contributed by atoms with Gasteiger partial charge in [-0.05, 0) is 38.5 Å². The van der Waals surface area contributed by atoms with Crippen LogP contribution in [0.25, 0.3) is 0 Å². The van der Waals surface area contributed by atoms with E-state index >= 15 is 0 Å². The maximum atomic E-state index is 9.15. The molecule has 17 heavy (non-hydrogen) atoms. The summed E-state index contributed by atoms with van der Waals surface area (Å²) in [6, 6.07) is 3.80. The number of aliphatic hydroxyl groups excluding tert-OH is 1. The summed E-state index contributed by atoms with van der Waals surface area (Å²) in [4.78, 5) is 6.47. The van der Waals surface area contributed by atoms with Crippen LogP contribution in [0.5, 0.6) is 0 Å². The number of nitrogens with zero attached hydrogens (tertiary/aromatic N) is 2. The van der Waals surface area contributed by atoms with E-state index in [1.807, 2.05) is 44.9 Å². The fourth-order valence-corrected chi connectivity index (χ4v) is 1.55. The summed E-state index contributed by atoms with van der Waals surface area (Å²) < 4.78 is 5.50. The van der Waals surface area contributed by atoms with Crippen molar-refractivity contribution in [3.05, 3.63) is 23.4 Å². The van der Waals surface area contributed by atoms with Crippen LogP contribution in [-0.4, -0.2) is 36.4 Å². The van der Waals surface area contributed by atoms with Crippen LogP contribution in [0.1, 0.15) is 25.1 Å². The van der Waals surface area contributed by atoms with Crippen LogP contribution in [0, 0.1) is 6.92 Å². The van der Waals surface area contributed by atoms with Crippen molar-refractivity contribution in [1.29, 1.82) is 0 Å². The Morgan fingerprint density at radius 3 is 2.71 bits per heavy atom. The topological polar surface area (TPSA) is 45.6 Å². The zero-order valence-corrected chi connectivity index (χ0v) is 11.1. The number of ether oxygens (including phenoxy) is 1. The minimum atomic E-state index is 0.0483. The predicted molar refractivity (Wildman–Crippen MR) is 69.3 cm³/mol. The van der Waals surface area contributed by atoms with Gasteiger partial charge in [-0.3, -0.25) is 0 Å². The summed E-state index contributed by atoms with van der Waals surface area (Å²) in [6.45, 7) is 7.50. The molecule has 96 valence electrons. The molecule has 1 heterocycles. The van der Waals surface area contributed by atoms with E-state index in [2.05, 4.69) is 4.98 Å². The first kappa shape index (κ1) is 13.9. The first-order valence-corrected chi connectivity index (χ1v) is 5.94. The van der Waals surface area contributed by atoms with Gasteiger partial charge in [0.25, 0.3) is 0 Å². The number of aryl methyl sites for hydroxylation is 1. The monoisotopic (exact) mass is 238 g/mol. The van der Waals surface area contributed by atoms with Crippen molar-refractivity contribution in [2.75, 3.05) is 25.1 Å². The second-order valence-corrected chi connectivity index (χ2v) is 4.47. The van der Waals surface area contributed by atoms with Gasteiger partial charge in [-0.2, -0.15) is 0 Å². The van der Waals surface area contributed by atoms with Crippen molar-refractivity contribution in [2.24, 2.45) is 0 Å².